The van der Waals surface area contributed by atoms with Crippen LogP contribution in [-0.4, -0.2) is 13.1 Å². The average molecular weight is 190 g/mol. The molecule has 0 aromatic rings. The topological polar surface area (TPSA) is 26.3 Å². The molecule has 6 unspecified atom stereocenters. The lowest BCUT2D eigenvalue weighted by Crippen LogP contribution is -2.15. The summed E-state index contributed by atoms with van der Waals surface area (Å²) in [4.78, 5) is 11.7. The van der Waals surface area contributed by atoms with Gasteiger partial charge in [0.1, 0.15) is 0 Å². The number of ether oxygens (including phenoxy) is 1. The van der Waals surface area contributed by atoms with Crippen LogP contribution in [-0.2, 0) is 9.53 Å². The van der Waals surface area contributed by atoms with Crippen LogP contribution in [0.4, 0.5) is 0 Å². The third-order valence-corrected chi connectivity index (χ3v) is 5.25. The van der Waals surface area contributed by atoms with Crippen LogP contribution >= 0.6 is 0 Å². The van der Waals surface area contributed by atoms with Gasteiger partial charge in [-0.15, -0.1) is 0 Å². The Balaban J connectivity index is 1.83. The fourth-order valence-electron chi connectivity index (χ4n) is 5.02. The van der Waals surface area contributed by atoms with E-state index in [1.165, 1.54) is 19.1 Å². The van der Waals surface area contributed by atoms with E-state index in [0.29, 0.717) is 5.92 Å². The molecule has 0 saturated heterocycles. The van der Waals surface area contributed by atoms with Gasteiger partial charge in [0, 0.05) is 5.57 Å². The first-order valence-electron chi connectivity index (χ1n) is 5.54. The van der Waals surface area contributed by atoms with Crippen LogP contribution in [0.1, 0.15) is 13.3 Å². The summed E-state index contributed by atoms with van der Waals surface area (Å²) in [6.07, 6.45) is 1.39. The number of carbonyl (C=O) groups excluding carboxylic acids is 1. The Bertz CT molecular complexity index is 382. The van der Waals surface area contributed by atoms with E-state index >= 15 is 0 Å². The number of hydrogen-bond acceptors (Lipinski definition) is 2. The third-order valence-electron chi connectivity index (χ3n) is 5.25. The summed E-state index contributed by atoms with van der Waals surface area (Å²) in [5.74, 6) is 4.97. The van der Waals surface area contributed by atoms with Crippen LogP contribution in [0.5, 0.6) is 0 Å². The van der Waals surface area contributed by atoms with Gasteiger partial charge in [-0.2, -0.15) is 0 Å². The van der Waals surface area contributed by atoms with Gasteiger partial charge in [-0.25, -0.2) is 4.79 Å². The van der Waals surface area contributed by atoms with Crippen molar-refractivity contribution in [2.24, 2.45) is 35.5 Å². The van der Waals surface area contributed by atoms with E-state index in [4.69, 9.17) is 4.74 Å². The Hall–Kier alpha value is -0.790. The van der Waals surface area contributed by atoms with Gasteiger partial charge in [0.15, 0.2) is 0 Å². The fraction of sp³-hybridized carbons (Fsp3) is 0.750. The van der Waals surface area contributed by atoms with Crippen LogP contribution in [0.3, 0.4) is 0 Å². The Morgan fingerprint density at radius 3 is 2.57 bits per heavy atom. The van der Waals surface area contributed by atoms with E-state index in [0.717, 1.165) is 35.2 Å². The summed E-state index contributed by atoms with van der Waals surface area (Å²) in [5, 5.41) is 0. The lowest BCUT2D eigenvalue weighted by atomic mass is 9.93. The normalized spacial score (nSPS) is 55.6. The number of rotatable bonds is 1. The average Bonchev–Trinajstić information content (AvgIpc) is 2.60. The molecule has 5 rings (SSSR count). The smallest absolute Gasteiger partial charge is 0.333 e. The molecular weight excluding hydrogens is 176 g/mol. The van der Waals surface area contributed by atoms with Gasteiger partial charge >= 0.3 is 5.97 Å². The van der Waals surface area contributed by atoms with Gasteiger partial charge in [0.2, 0.25) is 0 Å². The highest BCUT2D eigenvalue weighted by Crippen LogP contribution is 2.81. The summed E-state index contributed by atoms with van der Waals surface area (Å²) in [7, 11) is 1.50. The van der Waals surface area contributed by atoms with E-state index < -0.39 is 0 Å². The standard InChI is InChI=1S/C12H14O2/c1-4-7-5-3-6-9(7)11(6)10(5)8(4)12(13)14-2/h5-7,9-11H,3H2,1-2H3. The molecule has 4 fully saturated rings. The Labute approximate surface area is 83.3 Å². The minimum absolute atomic E-state index is 0.0500. The number of allylic oxidation sites excluding steroid dienone is 1. The Morgan fingerprint density at radius 2 is 2.00 bits per heavy atom. The minimum atomic E-state index is -0.0500. The van der Waals surface area contributed by atoms with Crippen molar-refractivity contribution in [2.45, 2.75) is 13.3 Å². The maximum atomic E-state index is 11.7. The van der Waals surface area contributed by atoms with Gasteiger partial charge in [-0.05, 0) is 48.9 Å². The molecule has 6 bridgehead atoms. The van der Waals surface area contributed by atoms with E-state index in [9.17, 15) is 4.79 Å². The molecule has 0 radical (unpaired) electrons. The largest absolute Gasteiger partial charge is 0.466 e. The molecule has 74 valence electrons. The van der Waals surface area contributed by atoms with Crippen LogP contribution < -0.4 is 0 Å². The highest BCUT2D eigenvalue weighted by atomic mass is 16.5. The minimum Gasteiger partial charge on any atom is -0.466 e. The maximum Gasteiger partial charge on any atom is 0.333 e. The Morgan fingerprint density at radius 1 is 1.29 bits per heavy atom. The molecule has 0 N–H and O–H groups in total. The summed E-state index contributed by atoms with van der Waals surface area (Å²) in [6, 6.07) is 0. The predicted octanol–water partition coefficient (Wildman–Crippen LogP) is 1.62. The zero-order valence-electron chi connectivity index (χ0n) is 8.49. The highest BCUT2D eigenvalue weighted by Gasteiger charge is 2.77. The predicted molar refractivity (Wildman–Crippen MR) is 50.3 cm³/mol. The monoisotopic (exact) mass is 190 g/mol. The van der Waals surface area contributed by atoms with Crippen LogP contribution in [0.25, 0.3) is 0 Å². The van der Waals surface area contributed by atoms with Crippen molar-refractivity contribution in [2.75, 3.05) is 7.11 Å². The van der Waals surface area contributed by atoms with Crippen molar-refractivity contribution in [1.29, 1.82) is 0 Å². The quantitative estimate of drug-likeness (QED) is 0.587. The molecular formula is C12H14O2. The number of methoxy groups -OCH3 is 1. The summed E-state index contributed by atoms with van der Waals surface area (Å²) in [5.41, 5.74) is 2.43. The molecule has 4 saturated carbocycles. The molecule has 0 spiro atoms. The summed E-state index contributed by atoms with van der Waals surface area (Å²) >= 11 is 0. The van der Waals surface area contributed by atoms with Crippen molar-refractivity contribution < 1.29 is 9.53 Å². The number of esters is 1. The molecule has 2 nitrogen and oxygen atoms in total. The third kappa shape index (κ3) is 0.524. The molecule has 0 heterocycles. The van der Waals surface area contributed by atoms with Crippen LogP contribution in [0.2, 0.25) is 0 Å². The van der Waals surface area contributed by atoms with Gasteiger partial charge < -0.3 is 4.74 Å². The molecule has 5 aliphatic rings. The molecule has 0 aromatic heterocycles. The second-order valence-electron chi connectivity index (χ2n) is 5.36. The van der Waals surface area contributed by atoms with E-state index in [-0.39, 0.29) is 5.97 Å². The molecule has 6 atom stereocenters. The first-order valence-corrected chi connectivity index (χ1v) is 5.54. The zero-order valence-corrected chi connectivity index (χ0v) is 8.49. The molecule has 2 heteroatoms. The van der Waals surface area contributed by atoms with Gasteiger partial charge in [-0.3, -0.25) is 0 Å². The van der Waals surface area contributed by atoms with Crippen LogP contribution in [0.15, 0.2) is 11.1 Å². The number of hydrogen-bond donors (Lipinski definition) is 0. The van der Waals surface area contributed by atoms with Gasteiger partial charge in [-0.1, -0.05) is 5.57 Å². The lowest BCUT2D eigenvalue weighted by Gasteiger charge is -2.14. The molecule has 0 amide bonds. The zero-order chi connectivity index (χ0) is 9.61. The summed E-state index contributed by atoms with van der Waals surface area (Å²) < 4.78 is 4.89. The second-order valence-corrected chi connectivity index (χ2v) is 5.36. The first-order chi connectivity index (χ1) is 6.75. The van der Waals surface area contributed by atoms with Crippen molar-refractivity contribution in [3.05, 3.63) is 11.1 Å². The lowest BCUT2D eigenvalue weighted by molar-refractivity contribution is -0.136. The van der Waals surface area contributed by atoms with Crippen molar-refractivity contribution >= 4 is 5.97 Å². The van der Waals surface area contributed by atoms with Crippen molar-refractivity contribution in [1.82, 2.24) is 0 Å². The molecule has 14 heavy (non-hydrogen) atoms. The second kappa shape index (κ2) is 1.93. The van der Waals surface area contributed by atoms with Crippen molar-refractivity contribution in [3.8, 4) is 0 Å². The van der Waals surface area contributed by atoms with E-state index in [2.05, 4.69) is 6.92 Å². The summed E-state index contributed by atoms with van der Waals surface area (Å²) in [6.45, 7) is 2.15. The van der Waals surface area contributed by atoms with E-state index in [1.807, 2.05) is 0 Å². The Kier molecular flexibility index (Phi) is 1.03. The first kappa shape index (κ1) is 7.49. The molecule has 5 aliphatic carbocycles. The van der Waals surface area contributed by atoms with Gasteiger partial charge in [0.25, 0.3) is 0 Å². The molecule has 0 aliphatic heterocycles. The van der Waals surface area contributed by atoms with Crippen molar-refractivity contribution in [3.63, 3.8) is 0 Å². The van der Waals surface area contributed by atoms with Gasteiger partial charge in [0.05, 0.1) is 7.11 Å². The fourth-order valence-corrected chi connectivity index (χ4v) is 5.02. The van der Waals surface area contributed by atoms with E-state index in [1.54, 1.807) is 0 Å². The van der Waals surface area contributed by atoms with Crippen LogP contribution in [0, 0.1) is 35.5 Å². The highest BCUT2D eigenvalue weighted by molar-refractivity contribution is 5.92. The SMILES string of the molecule is COC(=O)C1=C(C)C2C3CC4C2C4C13. The number of carbonyl (C=O) groups is 1. The maximum absolute atomic E-state index is 11.7. The molecule has 0 aromatic carbocycles.